The van der Waals surface area contributed by atoms with Crippen molar-refractivity contribution in [1.82, 2.24) is 5.32 Å². The second-order valence-electron chi connectivity index (χ2n) is 7.92. The van der Waals surface area contributed by atoms with E-state index < -0.39 is 11.5 Å². The van der Waals surface area contributed by atoms with E-state index in [4.69, 9.17) is 18.6 Å². The van der Waals surface area contributed by atoms with E-state index in [1.807, 2.05) is 0 Å². The number of phenols is 1. The SMILES string of the molecule is COc1cc([C@@H](CC(=O)NCCc2ccc(O)cc2)c2c(O)cc(C)oc2=O)cc2c1OCO2. The van der Waals surface area contributed by atoms with Crippen molar-refractivity contribution in [2.75, 3.05) is 20.4 Å². The molecule has 34 heavy (non-hydrogen) atoms. The lowest BCUT2D eigenvalue weighted by Gasteiger charge is -2.19. The lowest BCUT2D eigenvalue weighted by Crippen LogP contribution is -2.28. The monoisotopic (exact) mass is 467 g/mol. The number of rotatable bonds is 8. The fraction of sp³-hybridized carbons (Fsp3) is 0.280. The Hall–Kier alpha value is -4.14. The van der Waals surface area contributed by atoms with E-state index in [2.05, 4.69) is 5.32 Å². The Morgan fingerprint density at radius 3 is 2.62 bits per heavy atom. The van der Waals surface area contributed by atoms with Crippen LogP contribution in [0.1, 0.15) is 34.8 Å². The molecule has 3 aromatic rings. The Bertz CT molecular complexity index is 1250. The van der Waals surface area contributed by atoms with Crippen molar-refractivity contribution in [2.45, 2.75) is 25.7 Å². The molecule has 1 aliphatic heterocycles. The molecule has 0 unspecified atom stereocenters. The number of carbonyl (C=O) groups is 1. The third kappa shape index (κ3) is 4.93. The summed E-state index contributed by atoms with van der Waals surface area (Å²) >= 11 is 0. The molecule has 4 rings (SSSR count). The van der Waals surface area contributed by atoms with Gasteiger partial charge in [-0.05, 0) is 48.7 Å². The minimum absolute atomic E-state index is 0.0233. The standard InChI is InChI=1S/C25H25NO8/c1-14-9-19(28)23(25(30)34-14)18(16-10-20(31-2)24-21(11-16)32-13-33-24)12-22(29)26-8-7-15-3-5-17(27)6-4-15/h3-6,9-11,18,27-28H,7-8,12-13H2,1-2H3,(H,26,29)/t18-/m1/s1. The van der Waals surface area contributed by atoms with Crippen molar-refractivity contribution in [3.05, 3.63) is 75.3 Å². The molecule has 1 atom stereocenters. The zero-order valence-corrected chi connectivity index (χ0v) is 18.8. The van der Waals surface area contributed by atoms with Crippen molar-refractivity contribution in [3.63, 3.8) is 0 Å². The highest BCUT2D eigenvalue weighted by Gasteiger charge is 2.29. The number of aromatic hydroxyl groups is 2. The average molecular weight is 467 g/mol. The third-order valence-corrected chi connectivity index (χ3v) is 5.58. The summed E-state index contributed by atoms with van der Waals surface area (Å²) in [6.45, 7) is 1.93. The number of fused-ring (bicyclic) bond motifs is 1. The average Bonchev–Trinajstić information content (AvgIpc) is 3.27. The Morgan fingerprint density at radius 1 is 1.15 bits per heavy atom. The third-order valence-electron chi connectivity index (χ3n) is 5.58. The molecule has 0 saturated carbocycles. The lowest BCUT2D eigenvalue weighted by atomic mass is 9.88. The van der Waals surface area contributed by atoms with Crippen LogP contribution in [0.2, 0.25) is 0 Å². The fourth-order valence-electron chi connectivity index (χ4n) is 3.93. The Balaban J connectivity index is 1.61. The van der Waals surface area contributed by atoms with Gasteiger partial charge in [0.2, 0.25) is 18.4 Å². The first-order valence-corrected chi connectivity index (χ1v) is 10.7. The van der Waals surface area contributed by atoms with E-state index in [0.717, 1.165) is 5.56 Å². The van der Waals surface area contributed by atoms with Crippen LogP contribution >= 0.6 is 0 Å². The number of phenolic OH excluding ortho intramolecular Hbond substituents is 1. The number of benzene rings is 2. The molecule has 0 radical (unpaired) electrons. The van der Waals surface area contributed by atoms with Gasteiger partial charge >= 0.3 is 5.63 Å². The second kappa shape index (κ2) is 9.78. The van der Waals surface area contributed by atoms with Crippen LogP contribution in [0.15, 0.2) is 51.7 Å². The molecule has 1 aromatic heterocycles. The smallest absolute Gasteiger partial charge is 0.343 e. The summed E-state index contributed by atoms with van der Waals surface area (Å²) in [5.41, 5.74) is 0.726. The van der Waals surface area contributed by atoms with Crippen molar-refractivity contribution in [2.24, 2.45) is 0 Å². The highest BCUT2D eigenvalue weighted by Crippen LogP contribution is 2.45. The van der Waals surface area contributed by atoms with Gasteiger partial charge in [0.1, 0.15) is 17.3 Å². The molecule has 9 nitrogen and oxygen atoms in total. The molecule has 0 saturated heterocycles. The Labute approximate surface area is 195 Å². The van der Waals surface area contributed by atoms with Crippen LogP contribution in [-0.4, -0.2) is 36.6 Å². The fourth-order valence-corrected chi connectivity index (χ4v) is 3.93. The van der Waals surface area contributed by atoms with Gasteiger partial charge in [-0.3, -0.25) is 4.79 Å². The first kappa shape index (κ1) is 23.0. The molecule has 1 amide bonds. The predicted molar refractivity (Wildman–Crippen MR) is 122 cm³/mol. The van der Waals surface area contributed by atoms with Crippen molar-refractivity contribution in [1.29, 1.82) is 0 Å². The Kier molecular flexibility index (Phi) is 6.62. The summed E-state index contributed by atoms with van der Waals surface area (Å²) in [5.74, 6) is 0.268. The summed E-state index contributed by atoms with van der Waals surface area (Å²) in [6.07, 6.45) is 0.437. The number of methoxy groups -OCH3 is 1. The van der Waals surface area contributed by atoms with Gasteiger partial charge < -0.3 is 34.2 Å². The van der Waals surface area contributed by atoms with Gasteiger partial charge in [-0.2, -0.15) is 0 Å². The zero-order chi connectivity index (χ0) is 24.2. The van der Waals surface area contributed by atoms with Gasteiger partial charge in [0, 0.05) is 24.9 Å². The van der Waals surface area contributed by atoms with E-state index in [9.17, 15) is 19.8 Å². The molecule has 3 N–H and O–H groups in total. The molecule has 0 fully saturated rings. The summed E-state index contributed by atoms with van der Waals surface area (Å²) in [6, 6.07) is 11.4. The van der Waals surface area contributed by atoms with Crippen molar-refractivity contribution in [3.8, 4) is 28.7 Å². The molecule has 0 bridgehead atoms. The van der Waals surface area contributed by atoms with Crippen LogP contribution in [0.4, 0.5) is 0 Å². The molecule has 1 aliphatic rings. The maximum Gasteiger partial charge on any atom is 0.343 e. The highest BCUT2D eigenvalue weighted by molar-refractivity contribution is 5.78. The maximum atomic E-state index is 12.9. The maximum absolute atomic E-state index is 12.9. The first-order valence-electron chi connectivity index (χ1n) is 10.7. The van der Waals surface area contributed by atoms with Crippen LogP contribution in [-0.2, 0) is 11.2 Å². The van der Waals surface area contributed by atoms with Crippen LogP contribution < -0.4 is 25.2 Å². The molecular weight excluding hydrogens is 442 g/mol. The number of nitrogens with one attached hydrogen (secondary N) is 1. The largest absolute Gasteiger partial charge is 0.508 e. The van der Waals surface area contributed by atoms with Gasteiger partial charge in [0.15, 0.2) is 11.5 Å². The number of aryl methyl sites for hydroxylation is 1. The number of hydrogen-bond donors (Lipinski definition) is 3. The topological polar surface area (TPSA) is 127 Å². The van der Waals surface area contributed by atoms with E-state index in [-0.39, 0.29) is 41.9 Å². The minimum atomic E-state index is -0.825. The Morgan fingerprint density at radius 2 is 1.91 bits per heavy atom. The zero-order valence-electron chi connectivity index (χ0n) is 18.8. The van der Waals surface area contributed by atoms with Crippen LogP contribution in [0.3, 0.4) is 0 Å². The van der Waals surface area contributed by atoms with Gasteiger partial charge in [0.25, 0.3) is 0 Å². The number of ether oxygens (including phenoxy) is 3. The summed E-state index contributed by atoms with van der Waals surface area (Å²) in [7, 11) is 1.48. The van der Waals surface area contributed by atoms with Crippen molar-refractivity contribution < 1.29 is 33.6 Å². The quantitative estimate of drug-likeness (QED) is 0.461. The summed E-state index contributed by atoms with van der Waals surface area (Å²) in [5, 5.41) is 22.8. The predicted octanol–water partition coefficient (Wildman–Crippen LogP) is 2.98. The molecule has 0 aliphatic carbocycles. The number of carbonyl (C=O) groups excluding carboxylic acids is 1. The van der Waals surface area contributed by atoms with Crippen LogP contribution in [0, 0.1) is 6.92 Å². The van der Waals surface area contributed by atoms with Gasteiger partial charge in [0.05, 0.1) is 12.7 Å². The molecule has 178 valence electrons. The minimum Gasteiger partial charge on any atom is -0.508 e. The van der Waals surface area contributed by atoms with Crippen molar-refractivity contribution >= 4 is 5.91 Å². The summed E-state index contributed by atoms with van der Waals surface area (Å²) in [4.78, 5) is 25.6. The van der Waals surface area contributed by atoms with Gasteiger partial charge in [-0.25, -0.2) is 4.79 Å². The van der Waals surface area contributed by atoms with Gasteiger partial charge in [-0.1, -0.05) is 12.1 Å². The van der Waals surface area contributed by atoms with Crippen LogP contribution in [0.5, 0.6) is 28.7 Å². The number of hydrogen-bond acceptors (Lipinski definition) is 8. The molecule has 2 heterocycles. The van der Waals surface area contributed by atoms with Gasteiger partial charge in [-0.15, -0.1) is 0 Å². The number of amides is 1. The van der Waals surface area contributed by atoms with E-state index >= 15 is 0 Å². The second-order valence-corrected chi connectivity index (χ2v) is 7.92. The van der Waals surface area contributed by atoms with E-state index in [0.29, 0.717) is 35.8 Å². The van der Waals surface area contributed by atoms with Crippen LogP contribution in [0.25, 0.3) is 0 Å². The van der Waals surface area contributed by atoms with E-state index in [1.165, 1.54) is 13.2 Å². The lowest BCUT2D eigenvalue weighted by molar-refractivity contribution is -0.121. The molecule has 0 spiro atoms. The highest BCUT2D eigenvalue weighted by atomic mass is 16.7. The van der Waals surface area contributed by atoms with E-state index in [1.54, 1.807) is 43.3 Å². The molecule has 2 aromatic carbocycles. The normalized spacial score (nSPS) is 12.9. The summed E-state index contributed by atoms with van der Waals surface area (Å²) < 4.78 is 21.5. The molecular formula is C25H25NO8. The molecule has 9 heteroatoms. The first-order chi connectivity index (χ1) is 16.4.